The van der Waals surface area contributed by atoms with Crippen LogP contribution in [0.2, 0.25) is 0 Å². The van der Waals surface area contributed by atoms with Crippen molar-refractivity contribution in [2.75, 3.05) is 0 Å². The molecule has 0 atom stereocenters. The number of hydrogen-bond donors (Lipinski definition) is 0. The van der Waals surface area contributed by atoms with Gasteiger partial charge in [0, 0.05) is 0 Å². The molecule has 2 aromatic rings. The molecule has 15 heavy (non-hydrogen) atoms. The van der Waals surface area contributed by atoms with Gasteiger partial charge in [0.15, 0.2) is 0 Å². The van der Waals surface area contributed by atoms with Gasteiger partial charge in [0.1, 0.15) is 0 Å². The first-order valence-corrected chi connectivity index (χ1v) is 5.18. The summed E-state index contributed by atoms with van der Waals surface area (Å²) in [5, 5.41) is 0. The fourth-order valence-corrected chi connectivity index (χ4v) is 1.85. The Morgan fingerprint density at radius 1 is 0.867 bits per heavy atom. The van der Waals surface area contributed by atoms with Crippen LogP contribution < -0.4 is 0 Å². The molecular weight excluding hydrogens is 224 g/mol. The van der Waals surface area contributed by atoms with E-state index in [0.717, 1.165) is 12.8 Å². The topological polar surface area (TPSA) is 0 Å². The van der Waals surface area contributed by atoms with E-state index in [1.807, 2.05) is 0 Å². The second-order valence-corrected chi connectivity index (χ2v) is 4.09. The Hall–Kier alpha value is -0.781. The van der Waals surface area contributed by atoms with E-state index >= 15 is 0 Å². The van der Waals surface area contributed by atoms with Crippen LogP contribution in [0.1, 0.15) is 22.3 Å². The fraction of sp³-hybridized carbons (Fsp3) is 0.286. The molecule has 1 heteroatoms. The second kappa shape index (κ2) is 5.34. The van der Waals surface area contributed by atoms with Crippen molar-refractivity contribution in [2.24, 2.45) is 0 Å². The van der Waals surface area contributed by atoms with Crippen molar-refractivity contribution in [1.29, 1.82) is 0 Å². The van der Waals surface area contributed by atoms with E-state index in [2.05, 4.69) is 50.2 Å². The molecule has 0 radical (unpaired) electrons. The van der Waals surface area contributed by atoms with Gasteiger partial charge in [-0.1, -0.05) is 26.7 Å². The van der Waals surface area contributed by atoms with E-state index in [0.29, 0.717) is 0 Å². The van der Waals surface area contributed by atoms with Crippen LogP contribution in [0.25, 0.3) is 0 Å². The normalized spacial score (nSPS) is 10.0. The van der Waals surface area contributed by atoms with E-state index in [1.54, 1.807) is 0 Å². The van der Waals surface area contributed by atoms with E-state index in [1.165, 1.54) is 22.3 Å². The molecule has 0 aliphatic rings. The van der Waals surface area contributed by atoms with Crippen molar-refractivity contribution in [1.82, 2.24) is 0 Å². The largest absolute Gasteiger partial charge is 2.00 e. The van der Waals surface area contributed by atoms with Crippen LogP contribution in [0.3, 0.4) is 0 Å². The summed E-state index contributed by atoms with van der Waals surface area (Å²) in [4.78, 5) is 0. The maximum Gasteiger partial charge on any atom is 2.00 e. The molecular formula is C14H16Fe. The zero-order valence-electron chi connectivity index (χ0n) is 9.23. The van der Waals surface area contributed by atoms with E-state index < -0.39 is 0 Å². The molecule has 0 aliphatic heterocycles. The van der Waals surface area contributed by atoms with Gasteiger partial charge in [0.2, 0.25) is 0 Å². The summed E-state index contributed by atoms with van der Waals surface area (Å²) in [5.74, 6) is 0. The van der Waals surface area contributed by atoms with Crippen molar-refractivity contribution < 1.29 is 17.1 Å². The summed E-state index contributed by atoms with van der Waals surface area (Å²) in [6.07, 6.45) is 2.33. The van der Waals surface area contributed by atoms with Gasteiger partial charge in [0.05, 0.1) is 0 Å². The van der Waals surface area contributed by atoms with Crippen LogP contribution >= 0.6 is 0 Å². The Morgan fingerprint density at radius 3 is 1.53 bits per heavy atom. The Balaban J connectivity index is 0.00000112. The van der Waals surface area contributed by atoms with Crippen LogP contribution in [-0.2, 0) is 29.9 Å². The minimum atomic E-state index is 0. The molecule has 0 bridgehead atoms. The maximum atomic E-state index is 2.27. The quantitative estimate of drug-likeness (QED) is 0.568. The molecule has 2 aromatic carbocycles. The summed E-state index contributed by atoms with van der Waals surface area (Å²) < 4.78 is 0. The van der Waals surface area contributed by atoms with Gasteiger partial charge in [-0.25, -0.2) is 23.3 Å². The maximum absolute atomic E-state index is 2.27. The predicted octanol–water partition coefficient (Wildman–Crippen LogP) is 3.52. The number of hydrogen-bond acceptors (Lipinski definition) is 0. The summed E-state index contributed by atoms with van der Waals surface area (Å²) in [7, 11) is 0. The Morgan fingerprint density at radius 2 is 1.27 bits per heavy atom. The third kappa shape index (κ3) is 3.37. The molecule has 0 N–H and O–H groups in total. The number of rotatable bonds is 3. The molecule has 0 aromatic heterocycles. The van der Waals surface area contributed by atoms with Crippen molar-refractivity contribution >= 4 is 0 Å². The zero-order chi connectivity index (χ0) is 9.97. The van der Waals surface area contributed by atoms with Gasteiger partial charge in [-0.2, -0.15) is 35.4 Å². The van der Waals surface area contributed by atoms with Gasteiger partial charge in [-0.3, -0.25) is 0 Å². The molecule has 0 amide bonds. The van der Waals surface area contributed by atoms with Crippen molar-refractivity contribution in [3.8, 4) is 0 Å². The molecule has 2 rings (SSSR count). The second-order valence-electron chi connectivity index (χ2n) is 4.09. The first-order chi connectivity index (χ1) is 6.74. The standard InChI is InChI=1S/C14H16.Fe/c1-11-3-5-13(9-11)7-8-14-6-4-12(2)10-14;/h3-6,9-10H,7-8H2,1-2H3;/q-2;+2. The van der Waals surface area contributed by atoms with Gasteiger partial charge in [-0.05, 0) is 0 Å². The molecule has 0 heterocycles. The van der Waals surface area contributed by atoms with E-state index in [9.17, 15) is 0 Å². The minimum Gasteiger partial charge on any atom is -0.211 e. The van der Waals surface area contributed by atoms with E-state index in [4.69, 9.17) is 0 Å². The van der Waals surface area contributed by atoms with Crippen LogP contribution in [0.4, 0.5) is 0 Å². The average Bonchev–Trinajstić information content (AvgIpc) is 2.72. The smallest absolute Gasteiger partial charge is 0.211 e. The Labute approximate surface area is 103 Å². The monoisotopic (exact) mass is 240 g/mol. The third-order valence-corrected chi connectivity index (χ3v) is 2.65. The van der Waals surface area contributed by atoms with Gasteiger partial charge in [-0.15, -0.1) is 0 Å². The minimum absolute atomic E-state index is 0. The van der Waals surface area contributed by atoms with E-state index in [-0.39, 0.29) is 17.1 Å². The summed E-state index contributed by atoms with van der Waals surface area (Å²) in [5.41, 5.74) is 5.67. The Kier molecular flexibility index (Phi) is 4.38. The van der Waals surface area contributed by atoms with Crippen molar-refractivity contribution in [2.45, 2.75) is 26.7 Å². The SMILES string of the molecule is Cc1cc[c-](CC[c-]2ccc(C)c2)c1.[Fe+2]. The molecule has 80 valence electrons. The first kappa shape index (κ1) is 12.3. The average molecular weight is 240 g/mol. The molecule has 0 saturated carbocycles. The number of aryl methyl sites for hydroxylation is 4. The Bertz CT molecular complexity index is 366. The fourth-order valence-electron chi connectivity index (χ4n) is 1.85. The summed E-state index contributed by atoms with van der Waals surface area (Å²) >= 11 is 0. The summed E-state index contributed by atoms with van der Waals surface area (Å²) in [6, 6.07) is 13.4. The predicted molar refractivity (Wildman–Crippen MR) is 61.0 cm³/mol. The van der Waals surface area contributed by atoms with Gasteiger partial charge >= 0.3 is 17.1 Å². The van der Waals surface area contributed by atoms with Crippen molar-refractivity contribution in [3.63, 3.8) is 0 Å². The van der Waals surface area contributed by atoms with Crippen molar-refractivity contribution in [3.05, 3.63) is 58.7 Å². The molecule has 0 fully saturated rings. The molecule has 0 aliphatic carbocycles. The molecule has 0 spiro atoms. The molecule has 0 nitrogen and oxygen atoms in total. The van der Waals surface area contributed by atoms with Gasteiger partial charge < -0.3 is 0 Å². The summed E-state index contributed by atoms with van der Waals surface area (Å²) in [6.45, 7) is 4.30. The van der Waals surface area contributed by atoms with Crippen LogP contribution in [-0.4, -0.2) is 0 Å². The molecule has 0 saturated heterocycles. The first-order valence-electron chi connectivity index (χ1n) is 5.18. The van der Waals surface area contributed by atoms with Gasteiger partial charge in [0.25, 0.3) is 0 Å². The van der Waals surface area contributed by atoms with Crippen LogP contribution in [0.5, 0.6) is 0 Å². The van der Waals surface area contributed by atoms with Crippen LogP contribution in [0.15, 0.2) is 36.4 Å². The van der Waals surface area contributed by atoms with Crippen LogP contribution in [0, 0.1) is 13.8 Å². The zero-order valence-corrected chi connectivity index (χ0v) is 10.3. The molecule has 0 unspecified atom stereocenters. The third-order valence-electron chi connectivity index (χ3n) is 2.65.